The van der Waals surface area contributed by atoms with Crippen LogP contribution in [0.3, 0.4) is 0 Å². The average Bonchev–Trinajstić information content (AvgIpc) is 2.62. The maximum absolute atomic E-state index is 5.67. The van der Waals surface area contributed by atoms with Crippen molar-refractivity contribution >= 4 is 17.3 Å². The van der Waals surface area contributed by atoms with Gasteiger partial charge in [0.25, 0.3) is 0 Å². The molecule has 0 atom stereocenters. The Kier molecular flexibility index (Phi) is 4.64. The predicted molar refractivity (Wildman–Crippen MR) is 76.5 cm³/mol. The second-order valence-corrected chi connectivity index (χ2v) is 4.85. The number of nitrogens with one attached hydrogen (secondary N) is 1. The van der Waals surface area contributed by atoms with Crippen LogP contribution in [-0.2, 0) is 0 Å². The van der Waals surface area contributed by atoms with Crippen molar-refractivity contribution < 1.29 is 0 Å². The minimum Gasteiger partial charge on any atom is -0.396 e. The van der Waals surface area contributed by atoms with Crippen molar-refractivity contribution in [3.05, 3.63) is 12.1 Å². The summed E-state index contributed by atoms with van der Waals surface area (Å²) in [5.41, 5.74) is 11.8. The molecule has 1 aromatic rings. The van der Waals surface area contributed by atoms with E-state index in [-0.39, 0.29) is 0 Å². The van der Waals surface area contributed by atoms with Gasteiger partial charge in [-0.2, -0.15) is 0 Å². The predicted octanol–water partition coefficient (Wildman–Crippen LogP) is 1.53. The quantitative estimate of drug-likeness (QED) is 0.754. The number of nitrogens with two attached hydrogens (primary N) is 2. The van der Waals surface area contributed by atoms with E-state index in [0.29, 0.717) is 11.5 Å². The molecule has 0 amide bonds. The number of likely N-dealkylation sites (tertiary alicyclic amines) is 1. The minimum atomic E-state index is 0.398. The fraction of sp³-hybridized carbons (Fsp3) is 0.615. The molecular weight excluding hydrogens is 226 g/mol. The number of rotatable bonds is 4. The van der Waals surface area contributed by atoms with Gasteiger partial charge in [0.1, 0.15) is 11.6 Å². The van der Waals surface area contributed by atoms with Crippen LogP contribution in [0, 0.1) is 0 Å². The third-order valence-electron chi connectivity index (χ3n) is 3.39. The summed E-state index contributed by atoms with van der Waals surface area (Å²) in [6, 6.07) is 3.66. The van der Waals surface area contributed by atoms with Gasteiger partial charge in [0.05, 0.1) is 5.69 Å². The first-order valence-electron chi connectivity index (χ1n) is 6.74. The van der Waals surface area contributed by atoms with Crippen molar-refractivity contribution in [3.63, 3.8) is 0 Å². The van der Waals surface area contributed by atoms with Crippen LogP contribution in [-0.4, -0.2) is 36.1 Å². The Labute approximate surface area is 109 Å². The normalized spacial score (nSPS) is 17.3. The van der Waals surface area contributed by atoms with Gasteiger partial charge in [-0.25, -0.2) is 4.98 Å². The topological polar surface area (TPSA) is 80.2 Å². The summed E-state index contributed by atoms with van der Waals surface area (Å²) in [6.07, 6.45) is 5.40. The summed E-state index contributed by atoms with van der Waals surface area (Å²) >= 11 is 0. The highest BCUT2D eigenvalue weighted by molar-refractivity contribution is 5.61. The molecule has 1 aliphatic heterocycles. The molecule has 2 heterocycles. The van der Waals surface area contributed by atoms with Crippen molar-refractivity contribution in [1.29, 1.82) is 0 Å². The van der Waals surface area contributed by atoms with E-state index in [1.54, 1.807) is 6.07 Å². The number of nitrogens with zero attached hydrogens (tertiary/aromatic N) is 2. The van der Waals surface area contributed by atoms with Crippen molar-refractivity contribution in [1.82, 2.24) is 9.88 Å². The molecule has 2 rings (SSSR count). The van der Waals surface area contributed by atoms with E-state index in [0.717, 1.165) is 18.9 Å². The van der Waals surface area contributed by atoms with Crippen LogP contribution < -0.4 is 16.8 Å². The molecule has 5 N–H and O–H groups in total. The van der Waals surface area contributed by atoms with Gasteiger partial charge in [0.2, 0.25) is 0 Å². The maximum atomic E-state index is 5.67. The molecule has 1 aliphatic rings. The highest BCUT2D eigenvalue weighted by Crippen LogP contribution is 2.14. The smallest absolute Gasteiger partial charge is 0.149 e. The molecular formula is C13H23N5. The number of pyridine rings is 1. The highest BCUT2D eigenvalue weighted by Gasteiger charge is 2.08. The van der Waals surface area contributed by atoms with Gasteiger partial charge in [-0.15, -0.1) is 0 Å². The molecule has 0 spiro atoms. The first-order chi connectivity index (χ1) is 8.75. The second kappa shape index (κ2) is 6.44. The third kappa shape index (κ3) is 3.77. The third-order valence-corrected chi connectivity index (χ3v) is 3.39. The highest BCUT2D eigenvalue weighted by atomic mass is 15.1. The first-order valence-corrected chi connectivity index (χ1v) is 6.74. The van der Waals surface area contributed by atoms with E-state index in [1.165, 1.54) is 38.8 Å². The van der Waals surface area contributed by atoms with E-state index in [2.05, 4.69) is 15.2 Å². The second-order valence-electron chi connectivity index (χ2n) is 4.85. The number of hydrogen-bond acceptors (Lipinski definition) is 5. The molecule has 0 unspecified atom stereocenters. The molecule has 1 aromatic heterocycles. The molecule has 100 valence electrons. The van der Waals surface area contributed by atoms with Gasteiger partial charge in [-0.1, -0.05) is 12.8 Å². The van der Waals surface area contributed by atoms with E-state index in [1.807, 2.05) is 6.07 Å². The monoisotopic (exact) mass is 249 g/mol. The lowest BCUT2D eigenvalue weighted by Gasteiger charge is -2.19. The van der Waals surface area contributed by atoms with Gasteiger partial charge in [-0.3, -0.25) is 0 Å². The number of nitrogen functional groups attached to an aromatic ring is 2. The molecule has 0 bridgehead atoms. The number of anilines is 3. The van der Waals surface area contributed by atoms with Crippen LogP contribution in [0.1, 0.15) is 25.7 Å². The van der Waals surface area contributed by atoms with Gasteiger partial charge in [-0.05, 0) is 38.1 Å². The zero-order chi connectivity index (χ0) is 12.8. The molecule has 18 heavy (non-hydrogen) atoms. The van der Waals surface area contributed by atoms with E-state index in [9.17, 15) is 0 Å². The summed E-state index contributed by atoms with van der Waals surface area (Å²) in [6.45, 7) is 4.40. The van der Waals surface area contributed by atoms with Crippen LogP contribution in [0.5, 0.6) is 0 Å². The zero-order valence-electron chi connectivity index (χ0n) is 10.9. The summed E-state index contributed by atoms with van der Waals surface area (Å²) in [5, 5.41) is 3.29. The molecule has 0 radical (unpaired) electrons. The van der Waals surface area contributed by atoms with Gasteiger partial charge >= 0.3 is 0 Å². The average molecular weight is 249 g/mol. The van der Waals surface area contributed by atoms with Gasteiger partial charge < -0.3 is 21.7 Å². The van der Waals surface area contributed by atoms with Gasteiger partial charge in [0, 0.05) is 13.1 Å². The Morgan fingerprint density at radius 3 is 2.50 bits per heavy atom. The van der Waals surface area contributed by atoms with Crippen molar-refractivity contribution in [2.24, 2.45) is 0 Å². The van der Waals surface area contributed by atoms with Gasteiger partial charge in [0.15, 0.2) is 0 Å². The number of hydrogen-bond donors (Lipinski definition) is 3. The summed E-state index contributed by atoms with van der Waals surface area (Å²) < 4.78 is 0. The fourth-order valence-corrected chi connectivity index (χ4v) is 2.29. The Morgan fingerprint density at radius 2 is 1.83 bits per heavy atom. The lowest BCUT2D eigenvalue weighted by Crippen LogP contribution is -2.30. The van der Waals surface area contributed by atoms with E-state index >= 15 is 0 Å². The Bertz CT molecular complexity index is 372. The zero-order valence-corrected chi connectivity index (χ0v) is 10.9. The summed E-state index contributed by atoms with van der Waals surface area (Å²) in [5.74, 6) is 1.20. The Hall–Kier alpha value is -1.49. The lowest BCUT2D eigenvalue weighted by atomic mass is 10.2. The van der Waals surface area contributed by atoms with Crippen molar-refractivity contribution in [3.8, 4) is 0 Å². The molecule has 0 aliphatic carbocycles. The van der Waals surface area contributed by atoms with Crippen LogP contribution in [0.15, 0.2) is 12.1 Å². The van der Waals surface area contributed by atoms with Crippen molar-refractivity contribution in [2.45, 2.75) is 25.7 Å². The Morgan fingerprint density at radius 1 is 1.11 bits per heavy atom. The molecule has 0 aromatic carbocycles. The fourth-order valence-electron chi connectivity index (χ4n) is 2.29. The van der Waals surface area contributed by atoms with E-state index in [4.69, 9.17) is 11.5 Å². The first kappa shape index (κ1) is 13.0. The largest absolute Gasteiger partial charge is 0.396 e. The summed E-state index contributed by atoms with van der Waals surface area (Å²) in [7, 11) is 0. The molecule has 5 nitrogen and oxygen atoms in total. The SMILES string of the molecule is Nc1ccc(NCCN2CCCCCC2)nc1N. The van der Waals surface area contributed by atoms with Crippen LogP contribution in [0.4, 0.5) is 17.3 Å². The molecule has 0 saturated carbocycles. The molecule has 1 saturated heterocycles. The van der Waals surface area contributed by atoms with E-state index < -0.39 is 0 Å². The number of aromatic nitrogens is 1. The minimum absolute atomic E-state index is 0.398. The molecule has 1 fully saturated rings. The summed E-state index contributed by atoms with van der Waals surface area (Å²) in [4.78, 5) is 6.71. The lowest BCUT2D eigenvalue weighted by molar-refractivity contribution is 0.296. The van der Waals surface area contributed by atoms with Crippen LogP contribution in [0.2, 0.25) is 0 Å². The standard InChI is InChI=1S/C13H23N5/c14-11-5-6-12(17-13(11)15)16-7-10-18-8-3-1-2-4-9-18/h5-6H,1-4,7-10,14H2,(H3,15,16,17). The van der Waals surface area contributed by atoms with Crippen LogP contribution in [0.25, 0.3) is 0 Å². The molecule has 5 heteroatoms. The maximum Gasteiger partial charge on any atom is 0.149 e. The van der Waals surface area contributed by atoms with Crippen LogP contribution >= 0.6 is 0 Å². The van der Waals surface area contributed by atoms with Crippen molar-refractivity contribution in [2.75, 3.05) is 43.0 Å². The Balaban J connectivity index is 1.75.